The first-order chi connectivity index (χ1) is 6.85. The van der Waals surface area contributed by atoms with E-state index in [1.165, 1.54) is 13.0 Å². The van der Waals surface area contributed by atoms with Gasteiger partial charge in [0.2, 0.25) is 0 Å². The third kappa shape index (κ3) is 8.48. The minimum Gasteiger partial charge on any atom is -0.380 e. The highest BCUT2D eigenvalue weighted by atomic mass is 16.5. The Morgan fingerprint density at radius 3 is 2.43 bits per heavy atom. The standard InChI is InChI=1S/C11H26N2O/c1-4-9-13(5-2)10-7-12-8-11-14-6-3/h12H,4-11H2,1-3H3. The summed E-state index contributed by atoms with van der Waals surface area (Å²) in [6, 6.07) is 0. The molecule has 0 heterocycles. The molecule has 86 valence electrons. The van der Waals surface area contributed by atoms with Gasteiger partial charge in [0, 0.05) is 26.2 Å². The molecule has 0 spiro atoms. The Balaban J connectivity index is 3.15. The molecule has 0 amide bonds. The van der Waals surface area contributed by atoms with Crippen molar-refractivity contribution in [2.24, 2.45) is 0 Å². The number of nitrogens with zero attached hydrogens (tertiary/aromatic N) is 1. The van der Waals surface area contributed by atoms with Crippen LogP contribution in [0.4, 0.5) is 0 Å². The van der Waals surface area contributed by atoms with Crippen LogP contribution in [-0.4, -0.2) is 50.8 Å². The van der Waals surface area contributed by atoms with Gasteiger partial charge in [0.1, 0.15) is 0 Å². The number of likely N-dealkylation sites (N-methyl/N-ethyl adjacent to an activating group) is 1. The summed E-state index contributed by atoms with van der Waals surface area (Å²) in [6.45, 7) is 13.7. The normalized spacial score (nSPS) is 11.1. The third-order valence-electron chi connectivity index (χ3n) is 2.22. The number of hydrogen-bond acceptors (Lipinski definition) is 3. The fourth-order valence-corrected chi connectivity index (χ4v) is 1.40. The highest BCUT2D eigenvalue weighted by Crippen LogP contribution is 1.88. The Hall–Kier alpha value is -0.120. The topological polar surface area (TPSA) is 24.5 Å². The van der Waals surface area contributed by atoms with Crippen molar-refractivity contribution in [1.29, 1.82) is 0 Å². The summed E-state index contributed by atoms with van der Waals surface area (Å²) in [5.74, 6) is 0. The predicted octanol–water partition coefficient (Wildman–Crippen LogP) is 1.34. The maximum Gasteiger partial charge on any atom is 0.0590 e. The first-order valence-corrected chi connectivity index (χ1v) is 5.85. The van der Waals surface area contributed by atoms with E-state index in [1.54, 1.807) is 0 Å². The lowest BCUT2D eigenvalue weighted by Gasteiger charge is -2.19. The highest BCUT2D eigenvalue weighted by Gasteiger charge is 1.98. The molecule has 0 aliphatic heterocycles. The van der Waals surface area contributed by atoms with Crippen molar-refractivity contribution >= 4 is 0 Å². The van der Waals surface area contributed by atoms with E-state index in [2.05, 4.69) is 24.1 Å². The van der Waals surface area contributed by atoms with Gasteiger partial charge in [-0.2, -0.15) is 0 Å². The van der Waals surface area contributed by atoms with E-state index < -0.39 is 0 Å². The van der Waals surface area contributed by atoms with Crippen LogP contribution in [0.1, 0.15) is 27.2 Å². The van der Waals surface area contributed by atoms with Crippen LogP contribution in [-0.2, 0) is 4.74 Å². The molecule has 0 saturated carbocycles. The average molecular weight is 202 g/mol. The Bertz CT molecular complexity index is 109. The molecule has 0 unspecified atom stereocenters. The number of hydrogen-bond donors (Lipinski definition) is 1. The second kappa shape index (κ2) is 11.0. The van der Waals surface area contributed by atoms with E-state index in [4.69, 9.17) is 4.74 Å². The first-order valence-electron chi connectivity index (χ1n) is 5.85. The van der Waals surface area contributed by atoms with Crippen molar-refractivity contribution in [3.63, 3.8) is 0 Å². The lowest BCUT2D eigenvalue weighted by Crippen LogP contribution is -2.33. The molecule has 0 aliphatic carbocycles. The van der Waals surface area contributed by atoms with E-state index in [-0.39, 0.29) is 0 Å². The van der Waals surface area contributed by atoms with Crippen LogP contribution in [0.5, 0.6) is 0 Å². The van der Waals surface area contributed by atoms with Gasteiger partial charge in [-0.05, 0) is 26.4 Å². The Labute approximate surface area is 88.8 Å². The van der Waals surface area contributed by atoms with Crippen molar-refractivity contribution in [3.05, 3.63) is 0 Å². The van der Waals surface area contributed by atoms with Crippen molar-refractivity contribution in [2.45, 2.75) is 27.2 Å². The Kier molecular flexibility index (Phi) is 10.9. The van der Waals surface area contributed by atoms with Crippen LogP contribution < -0.4 is 5.32 Å². The van der Waals surface area contributed by atoms with Gasteiger partial charge in [-0.1, -0.05) is 13.8 Å². The largest absolute Gasteiger partial charge is 0.380 e. The first kappa shape index (κ1) is 13.9. The monoisotopic (exact) mass is 202 g/mol. The van der Waals surface area contributed by atoms with Crippen LogP contribution in [0.25, 0.3) is 0 Å². The van der Waals surface area contributed by atoms with E-state index >= 15 is 0 Å². The fraction of sp³-hybridized carbons (Fsp3) is 1.00. The van der Waals surface area contributed by atoms with Gasteiger partial charge in [-0.25, -0.2) is 0 Å². The summed E-state index contributed by atoms with van der Waals surface area (Å²) < 4.78 is 5.24. The molecular weight excluding hydrogens is 176 g/mol. The van der Waals surface area contributed by atoms with Gasteiger partial charge in [0.05, 0.1) is 6.61 Å². The summed E-state index contributed by atoms with van der Waals surface area (Å²) in [4.78, 5) is 2.47. The predicted molar refractivity (Wildman–Crippen MR) is 61.8 cm³/mol. The fourth-order valence-electron chi connectivity index (χ4n) is 1.40. The molecule has 0 aromatic carbocycles. The highest BCUT2D eigenvalue weighted by molar-refractivity contribution is 4.56. The molecule has 0 saturated heterocycles. The molecule has 0 radical (unpaired) electrons. The summed E-state index contributed by atoms with van der Waals surface area (Å²) in [5.41, 5.74) is 0. The molecule has 0 aromatic rings. The summed E-state index contributed by atoms with van der Waals surface area (Å²) in [5, 5.41) is 3.38. The maximum absolute atomic E-state index is 5.24. The second-order valence-electron chi connectivity index (χ2n) is 3.38. The molecule has 0 bridgehead atoms. The van der Waals surface area contributed by atoms with Crippen LogP contribution in [0, 0.1) is 0 Å². The zero-order valence-electron chi connectivity index (χ0n) is 10.0. The zero-order valence-corrected chi connectivity index (χ0v) is 10.0. The molecular formula is C11H26N2O. The van der Waals surface area contributed by atoms with Crippen molar-refractivity contribution in [3.8, 4) is 0 Å². The SMILES string of the molecule is CCCN(CC)CCNCCOCC. The Morgan fingerprint density at radius 1 is 1.07 bits per heavy atom. The van der Waals surface area contributed by atoms with E-state index in [0.29, 0.717) is 0 Å². The quantitative estimate of drug-likeness (QED) is 0.541. The minimum atomic E-state index is 0.818. The second-order valence-corrected chi connectivity index (χ2v) is 3.38. The molecule has 14 heavy (non-hydrogen) atoms. The number of ether oxygens (including phenoxy) is 1. The lowest BCUT2D eigenvalue weighted by molar-refractivity contribution is 0.148. The van der Waals surface area contributed by atoms with Gasteiger partial charge in [0.25, 0.3) is 0 Å². The molecule has 0 aromatic heterocycles. The molecule has 3 heteroatoms. The molecule has 0 aliphatic rings. The average Bonchev–Trinajstić information content (AvgIpc) is 2.21. The smallest absolute Gasteiger partial charge is 0.0590 e. The van der Waals surface area contributed by atoms with E-state index in [1.807, 2.05) is 6.92 Å². The molecule has 0 fully saturated rings. The van der Waals surface area contributed by atoms with Gasteiger partial charge in [-0.15, -0.1) is 0 Å². The van der Waals surface area contributed by atoms with Gasteiger partial charge < -0.3 is 15.0 Å². The van der Waals surface area contributed by atoms with Crippen LogP contribution in [0.2, 0.25) is 0 Å². The lowest BCUT2D eigenvalue weighted by atomic mass is 10.4. The van der Waals surface area contributed by atoms with Gasteiger partial charge >= 0.3 is 0 Å². The molecule has 3 nitrogen and oxygen atoms in total. The summed E-state index contributed by atoms with van der Waals surface area (Å²) in [6.07, 6.45) is 1.24. The third-order valence-corrected chi connectivity index (χ3v) is 2.22. The summed E-state index contributed by atoms with van der Waals surface area (Å²) in [7, 11) is 0. The van der Waals surface area contributed by atoms with E-state index in [9.17, 15) is 0 Å². The minimum absolute atomic E-state index is 0.818. The van der Waals surface area contributed by atoms with Gasteiger partial charge in [0.15, 0.2) is 0 Å². The summed E-state index contributed by atoms with van der Waals surface area (Å²) >= 11 is 0. The molecule has 0 rings (SSSR count). The van der Waals surface area contributed by atoms with Crippen molar-refractivity contribution < 1.29 is 4.74 Å². The maximum atomic E-state index is 5.24. The van der Waals surface area contributed by atoms with Gasteiger partial charge in [-0.3, -0.25) is 0 Å². The van der Waals surface area contributed by atoms with Crippen LogP contribution in [0.15, 0.2) is 0 Å². The van der Waals surface area contributed by atoms with Crippen LogP contribution >= 0.6 is 0 Å². The zero-order chi connectivity index (χ0) is 10.6. The number of nitrogens with one attached hydrogen (secondary N) is 1. The van der Waals surface area contributed by atoms with Crippen molar-refractivity contribution in [2.75, 3.05) is 45.9 Å². The molecule has 0 atom stereocenters. The van der Waals surface area contributed by atoms with Crippen LogP contribution in [0.3, 0.4) is 0 Å². The van der Waals surface area contributed by atoms with E-state index in [0.717, 1.165) is 39.4 Å². The van der Waals surface area contributed by atoms with Crippen molar-refractivity contribution in [1.82, 2.24) is 10.2 Å². The Morgan fingerprint density at radius 2 is 1.86 bits per heavy atom. The number of rotatable bonds is 10. The molecule has 1 N–H and O–H groups in total.